The molecule has 1 amide bonds. The Balaban J connectivity index is 1.71. The molecule has 1 heterocycles. The van der Waals surface area contributed by atoms with Crippen LogP contribution in [0.3, 0.4) is 0 Å². The Morgan fingerprint density at radius 3 is 2.54 bits per heavy atom. The lowest BCUT2D eigenvalue weighted by atomic mass is 9.82. The number of carbonyl (C=O) groups is 3. The van der Waals surface area contributed by atoms with Gasteiger partial charge in [-0.15, -0.1) is 0 Å². The number of aryl methyl sites for hydroxylation is 2. The molecule has 1 saturated carbocycles. The van der Waals surface area contributed by atoms with Crippen molar-refractivity contribution in [2.45, 2.75) is 70.8 Å². The number of primary amides is 1. The maximum Gasteiger partial charge on any atom is 0.343 e. The first-order valence-electron chi connectivity index (χ1n) is 13.2. The minimum atomic E-state index is -1.01. The van der Waals surface area contributed by atoms with Crippen LogP contribution in [0.2, 0.25) is 0 Å². The highest BCUT2D eigenvalue weighted by Gasteiger charge is 2.31. The Morgan fingerprint density at radius 2 is 1.81 bits per heavy atom. The lowest BCUT2D eigenvalue weighted by Crippen LogP contribution is -2.24. The molecule has 0 saturated heterocycles. The lowest BCUT2D eigenvalue weighted by molar-refractivity contribution is -0.142. The van der Waals surface area contributed by atoms with E-state index < -0.39 is 17.7 Å². The minimum absolute atomic E-state index is 0.257. The number of hydrogen-bond acceptors (Lipinski definition) is 5. The maximum atomic E-state index is 13.2. The van der Waals surface area contributed by atoms with E-state index in [1.165, 1.54) is 55.9 Å². The van der Waals surface area contributed by atoms with Crippen molar-refractivity contribution in [3.05, 3.63) is 63.8 Å². The summed E-state index contributed by atoms with van der Waals surface area (Å²) in [5, 5.41) is 0.556. The highest BCUT2D eigenvalue weighted by molar-refractivity contribution is 6.45. The van der Waals surface area contributed by atoms with Crippen molar-refractivity contribution in [3.8, 4) is 5.75 Å². The first-order valence-corrected chi connectivity index (χ1v) is 13.2. The first kappa shape index (κ1) is 25.1. The van der Waals surface area contributed by atoms with E-state index >= 15 is 0 Å². The molecule has 2 N–H and O–H groups in total. The number of aromatic nitrogens is 1. The zero-order valence-electron chi connectivity index (χ0n) is 21.6. The minimum Gasteiger partial charge on any atom is -0.481 e. The normalized spacial score (nSPS) is 15.5. The van der Waals surface area contributed by atoms with Crippen LogP contribution in [0.4, 0.5) is 0 Å². The summed E-state index contributed by atoms with van der Waals surface area (Å²) in [6.45, 7) is 2.15. The predicted molar refractivity (Wildman–Crippen MR) is 141 cm³/mol. The van der Waals surface area contributed by atoms with Crippen LogP contribution in [0.1, 0.15) is 82.7 Å². The van der Waals surface area contributed by atoms with E-state index in [0.29, 0.717) is 29.3 Å². The summed E-state index contributed by atoms with van der Waals surface area (Å²) in [5.74, 6) is -1.34. The average molecular weight is 503 g/mol. The molecule has 1 fully saturated rings. The standard InChI is InChI=1S/C30H34N2O5/c1-18-26(29(34)30(31)35)27-24(37-17-25(33)36-2)15-20-12-8-14-23(20)28(27)32(18)16-21-11-6-7-13-22(21)19-9-4-3-5-10-19/h6-7,11,13,15,19H,3-5,8-10,12,14,16-17H2,1-2H3,(H2,31,35). The fourth-order valence-corrected chi connectivity index (χ4v) is 6.29. The predicted octanol–water partition coefficient (Wildman–Crippen LogP) is 4.75. The molecule has 2 aliphatic rings. The number of nitrogens with zero attached hydrogens (tertiary/aromatic N) is 1. The maximum absolute atomic E-state index is 13.2. The molecule has 0 aliphatic heterocycles. The number of nitrogens with two attached hydrogens (primary N) is 1. The monoisotopic (exact) mass is 502 g/mol. The second-order valence-electron chi connectivity index (χ2n) is 10.2. The van der Waals surface area contributed by atoms with Crippen molar-refractivity contribution in [1.29, 1.82) is 0 Å². The zero-order valence-corrected chi connectivity index (χ0v) is 21.6. The van der Waals surface area contributed by atoms with Gasteiger partial charge in [0.05, 0.1) is 23.6 Å². The van der Waals surface area contributed by atoms with Gasteiger partial charge in [0.1, 0.15) is 5.75 Å². The molecule has 7 heteroatoms. The molecule has 37 heavy (non-hydrogen) atoms. The van der Waals surface area contributed by atoms with Crippen LogP contribution >= 0.6 is 0 Å². The number of esters is 1. The van der Waals surface area contributed by atoms with Gasteiger partial charge in [0.25, 0.3) is 11.7 Å². The molecule has 194 valence electrons. The fraction of sp³-hybridized carbons (Fsp3) is 0.433. The molecule has 7 nitrogen and oxygen atoms in total. The molecular weight excluding hydrogens is 468 g/mol. The number of carbonyl (C=O) groups excluding carboxylic acids is 3. The third-order valence-electron chi connectivity index (χ3n) is 8.07. The molecule has 0 bridgehead atoms. The topological polar surface area (TPSA) is 101 Å². The van der Waals surface area contributed by atoms with Crippen molar-refractivity contribution in [2.75, 3.05) is 13.7 Å². The number of Topliss-reactive ketones (excluding diaryl/α,β-unsaturated/α-hetero) is 1. The molecule has 0 radical (unpaired) electrons. The molecule has 3 aromatic rings. The van der Waals surface area contributed by atoms with E-state index in [1.807, 2.05) is 13.0 Å². The Kier molecular flexibility index (Phi) is 7.04. The number of rotatable bonds is 8. The summed E-state index contributed by atoms with van der Waals surface area (Å²) in [6, 6.07) is 10.5. The van der Waals surface area contributed by atoms with Crippen LogP contribution in [-0.2, 0) is 33.7 Å². The van der Waals surface area contributed by atoms with Gasteiger partial charge in [-0.3, -0.25) is 9.59 Å². The van der Waals surface area contributed by atoms with E-state index in [4.69, 9.17) is 15.2 Å². The van der Waals surface area contributed by atoms with Gasteiger partial charge in [-0.1, -0.05) is 43.5 Å². The van der Waals surface area contributed by atoms with E-state index in [0.717, 1.165) is 30.3 Å². The number of ether oxygens (including phenoxy) is 2. The van der Waals surface area contributed by atoms with Gasteiger partial charge < -0.3 is 19.8 Å². The fourth-order valence-electron chi connectivity index (χ4n) is 6.29. The van der Waals surface area contributed by atoms with Crippen LogP contribution in [0, 0.1) is 6.92 Å². The van der Waals surface area contributed by atoms with Gasteiger partial charge in [0.2, 0.25) is 0 Å². The number of methoxy groups -OCH3 is 1. The van der Waals surface area contributed by atoms with E-state index in [9.17, 15) is 14.4 Å². The second kappa shape index (κ2) is 10.4. The second-order valence-corrected chi connectivity index (χ2v) is 10.2. The van der Waals surface area contributed by atoms with Gasteiger partial charge in [-0.05, 0) is 73.3 Å². The van der Waals surface area contributed by atoms with Crippen LogP contribution in [0.15, 0.2) is 30.3 Å². The van der Waals surface area contributed by atoms with Gasteiger partial charge in [-0.25, -0.2) is 4.79 Å². The third kappa shape index (κ3) is 4.63. The largest absolute Gasteiger partial charge is 0.481 e. The van der Waals surface area contributed by atoms with Crippen LogP contribution < -0.4 is 10.5 Å². The smallest absolute Gasteiger partial charge is 0.343 e. The van der Waals surface area contributed by atoms with E-state index in [2.05, 4.69) is 28.8 Å². The van der Waals surface area contributed by atoms with Crippen LogP contribution in [-0.4, -0.2) is 35.9 Å². The molecular formula is C30H34N2O5. The Labute approximate surface area is 216 Å². The highest BCUT2D eigenvalue weighted by atomic mass is 16.6. The SMILES string of the molecule is COC(=O)COc1cc2c(c3c1c(C(=O)C(N)=O)c(C)n3Cc1ccccc1C1CCCCC1)CCC2. The average Bonchev–Trinajstić information content (AvgIpc) is 3.49. The molecule has 1 aromatic heterocycles. The number of hydrogen-bond donors (Lipinski definition) is 1. The number of ketones is 1. The molecule has 2 aliphatic carbocycles. The molecule has 0 spiro atoms. The quantitative estimate of drug-likeness (QED) is 0.272. The third-order valence-corrected chi connectivity index (χ3v) is 8.07. The van der Waals surface area contributed by atoms with Gasteiger partial charge in [0, 0.05) is 12.2 Å². The van der Waals surface area contributed by atoms with Crippen molar-refractivity contribution in [3.63, 3.8) is 0 Å². The highest BCUT2D eigenvalue weighted by Crippen LogP contribution is 2.42. The summed E-state index contributed by atoms with van der Waals surface area (Å²) < 4.78 is 12.8. The Bertz CT molecular complexity index is 1380. The molecule has 0 atom stereocenters. The first-order chi connectivity index (χ1) is 17.9. The lowest BCUT2D eigenvalue weighted by Gasteiger charge is -2.25. The van der Waals surface area contributed by atoms with Gasteiger partial charge >= 0.3 is 5.97 Å². The molecule has 5 rings (SSSR count). The molecule has 2 aromatic carbocycles. The van der Waals surface area contributed by atoms with E-state index in [-0.39, 0.29) is 12.2 Å². The van der Waals surface area contributed by atoms with Crippen molar-refractivity contribution < 1.29 is 23.9 Å². The van der Waals surface area contributed by atoms with Gasteiger partial charge in [-0.2, -0.15) is 0 Å². The van der Waals surface area contributed by atoms with Gasteiger partial charge in [0.15, 0.2) is 6.61 Å². The summed E-state index contributed by atoms with van der Waals surface area (Å²) in [5.41, 5.74) is 12.2. The van der Waals surface area contributed by atoms with Crippen molar-refractivity contribution in [2.24, 2.45) is 5.73 Å². The zero-order chi connectivity index (χ0) is 26.1. The Morgan fingerprint density at radius 1 is 1.05 bits per heavy atom. The van der Waals surface area contributed by atoms with Crippen LogP contribution in [0.25, 0.3) is 10.9 Å². The van der Waals surface area contributed by atoms with Crippen molar-refractivity contribution >= 4 is 28.6 Å². The number of amides is 1. The summed E-state index contributed by atoms with van der Waals surface area (Å²) >= 11 is 0. The Hall–Kier alpha value is -3.61. The van der Waals surface area contributed by atoms with Crippen LogP contribution in [0.5, 0.6) is 5.75 Å². The number of fused-ring (bicyclic) bond motifs is 3. The summed E-state index contributed by atoms with van der Waals surface area (Å²) in [6.07, 6.45) is 8.92. The van der Waals surface area contributed by atoms with Crippen molar-refractivity contribution in [1.82, 2.24) is 4.57 Å². The number of benzene rings is 2. The summed E-state index contributed by atoms with van der Waals surface area (Å²) in [7, 11) is 1.30. The summed E-state index contributed by atoms with van der Waals surface area (Å²) in [4.78, 5) is 37.2. The molecule has 0 unspecified atom stereocenters. The van der Waals surface area contributed by atoms with E-state index in [1.54, 1.807) is 0 Å².